The number of carboxylic acid groups (broad SMARTS) is 1. The molecule has 0 amide bonds. The van der Waals surface area contributed by atoms with E-state index in [1.165, 1.54) is 18.7 Å². The lowest BCUT2D eigenvalue weighted by molar-refractivity contribution is -0.154. The zero-order valence-electron chi connectivity index (χ0n) is 19.8. The second kappa shape index (κ2) is 8.09. The summed E-state index contributed by atoms with van der Waals surface area (Å²) in [5.74, 6) is -0.721. The third-order valence-electron chi connectivity index (χ3n) is 7.86. The largest absolute Gasteiger partial charge is 0.494 e. The maximum atomic E-state index is 14.4. The first-order valence-electron chi connectivity index (χ1n) is 12.1. The van der Waals surface area contributed by atoms with Crippen LogP contribution in [0.2, 0.25) is 0 Å². The van der Waals surface area contributed by atoms with E-state index >= 15 is 0 Å². The SMILES string of the molecule is COc1cc(-n2c(C3CCCOC3)c([C@H]3C[C@@](C)(C(=O)O)C3)c3cc4[nH]ncc4cc32)ccc1F. The summed E-state index contributed by atoms with van der Waals surface area (Å²) >= 11 is 0. The number of hydrogen-bond donors (Lipinski definition) is 2. The van der Waals surface area contributed by atoms with Crippen LogP contribution in [0.25, 0.3) is 27.5 Å². The summed E-state index contributed by atoms with van der Waals surface area (Å²) in [5.41, 5.74) is 4.31. The van der Waals surface area contributed by atoms with Gasteiger partial charge >= 0.3 is 5.97 Å². The summed E-state index contributed by atoms with van der Waals surface area (Å²) < 4.78 is 27.8. The number of rotatable bonds is 5. The lowest BCUT2D eigenvalue weighted by Crippen LogP contribution is -2.40. The molecule has 3 heterocycles. The molecule has 2 aromatic carbocycles. The van der Waals surface area contributed by atoms with Gasteiger partial charge in [-0.05, 0) is 68.4 Å². The van der Waals surface area contributed by atoms with Crippen molar-refractivity contribution < 1.29 is 23.8 Å². The van der Waals surface area contributed by atoms with Gasteiger partial charge in [-0.1, -0.05) is 0 Å². The van der Waals surface area contributed by atoms with Crippen molar-refractivity contribution in [2.24, 2.45) is 5.41 Å². The molecule has 1 saturated carbocycles. The molecule has 1 aliphatic heterocycles. The van der Waals surface area contributed by atoms with Crippen LogP contribution in [0, 0.1) is 11.2 Å². The van der Waals surface area contributed by atoms with Crippen LogP contribution in [0.5, 0.6) is 5.75 Å². The van der Waals surface area contributed by atoms with E-state index in [1.807, 2.05) is 6.92 Å². The Bertz CT molecular complexity index is 1440. The Morgan fingerprint density at radius 3 is 2.83 bits per heavy atom. The van der Waals surface area contributed by atoms with E-state index in [0.29, 0.717) is 19.4 Å². The third kappa shape index (κ3) is 3.42. The summed E-state index contributed by atoms with van der Waals surface area (Å²) in [5, 5.41) is 19.1. The zero-order valence-corrected chi connectivity index (χ0v) is 19.8. The first-order chi connectivity index (χ1) is 16.9. The fourth-order valence-electron chi connectivity index (χ4n) is 6.03. The van der Waals surface area contributed by atoms with E-state index in [9.17, 15) is 14.3 Å². The predicted molar refractivity (Wildman–Crippen MR) is 130 cm³/mol. The molecule has 6 rings (SSSR count). The summed E-state index contributed by atoms with van der Waals surface area (Å²) in [7, 11) is 1.47. The number of ether oxygens (including phenoxy) is 2. The number of nitrogens with zero attached hydrogens (tertiary/aromatic N) is 2. The first kappa shape index (κ1) is 22.1. The van der Waals surface area contributed by atoms with Crippen LogP contribution in [0.15, 0.2) is 36.5 Å². The third-order valence-corrected chi connectivity index (χ3v) is 7.86. The second-order valence-electron chi connectivity index (χ2n) is 10.2. The number of halogens is 1. The van der Waals surface area contributed by atoms with E-state index in [0.717, 1.165) is 52.6 Å². The van der Waals surface area contributed by atoms with Crippen molar-refractivity contribution in [3.05, 3.63) is 53.6 Å². The van der Waals surface area contributed by atoms with Crippen LogP contribution < -0.4 is 4.74 Å². The van der Waals surface area contributed by atoms with Crippen molar-refractivity contribution in [1.82, 2.24) is 14.8 Å². The quantitative estimate of drug-likeness (QED) is 0.395. The molecule has 0 radical (unpaired) electrons. The molecule has 2 aromatic heterocycles. The lowest BCUT2D eigenvalue weighted by Gasteiger charge is -2.43. The van der Waals surface area contributed by atoms with Crippen LogP contribution in [0.4, 0.5) is 4.39 Å². The van der Waals surface area contributed by atoms with Crippen molar-refractivity contribution in [1.29, 1.82) is 0 Å². The number of carbonyl (C=O) groups is 1. The van der Waals surface area contributed by atoms with Crippen molar-refractivity contribution >= 4 is 27.8 Å². The average molecular weight is 478 g/mol. The van der Waals surface area contributed by atoms with Gasteiger partial charge in [-0.25, -0.2) is 4.39 Å². The molecule has 0 spiro atoms. The minimum atomic E-state index is -0.751. The molecular weight excluding hydrogens is 449 g/mol. The number of methoxy groups -OCH3 is 1. The van der Waals surface area contributed by atoms with Gasteiger partial charge in [0.25, 0.3) is 0 Å². The van der Waals surface area contributed by atoms with E-state index in [4.69, 9.17) is 9.47 Å². The maximum Gasteiger partial charge on any atom is 0.309 e. The summed E-state index contributed by atoms with van der Waals surface area (Å²) in [4.78, 5) is 11.9. The molecule has 8 heteroatoms. The van der Waals surface area contributed by atoms with Crippen LogP contribution in [-0.4, -0.2) is 46.2 Å². The number of H-pyrrole nitrogens is 1. The van der Waals surface area contributed by atoms with Gasteiger partial charge < -0.3 is 19.1 Å². The smallest absolute Gasteiger partial charge is 0.309 e. The van der Waals surface area contributed by atoms with Gasteiger partial charge in [-0.2, -0.15) is 5.10 Å². The van der Waals surface area contributed by atoms with Crippen LogP contribution in [0.3, 0.4) is 0 Å². The summed E-state index contributed by atoms with van der Waals surface area (Å²) in [6, 6.07) is 9.16. The van der Waals surface area contributed by atoms with Crippen LogP contribution in [0.1, 0.15) is 55.7 Å². The predicted octanol–water partition coefficient (Wildman–Crippen LogP) is 5.52. The molecule has 2 fully saturated rings. The van der Waals surface area contributed by atoms with E-state index < -0.39 is 17.2 Å². The summed E-state index contributed by atoms with van der Waals surface area (Å²) in [6.07, 6.45) is 4.89. The fraction of sp³-hybridized carbons (Fsp3) is 0.407. The highest BCUT2D eigenvalue weighted by Crippen LogP contribution is 2.55. The molecule has 1 atom stereocenters. The number of aromatic nitrogens is 3. The minimum Gasteiger partial charge on any atom is -0.494 e. The Hall–Kier alpha value is -3.39. The van der Waals surface area contributed by atoms with Crippen LogP contribution >= 0.6 is 0 Å². The van der Waals surface area contributed by atoms with Gasteiger partial charge in [-0.15, -0.1) is 0 Å². The summed E-state index contributed by atoms with van der Waals surface area (Å²) in [6.45, 7) is 3.17. The van der Waals surface area contributed by atoms with E-state index in [1.54, 1.807) is 18.3 Å². The molecule has 4 aromatic rings. The Balaban J connectivity index is 1.65. The van der Waals surface area contributed by atoms with Gasteiger partial charge in [0.2, 0.25) is 0 Å². The van der Waals surface area contributed by atoms with Gasteiger partial charge in [-0.3, -0.25) is 9.89 Å². The number of nitrogens with one attached hydrogen (secondary N) is 1. The van der Waals surface area contributed by atoms with Gasteiger partial charge in [0.15, 0.2) is 11.6 Å². The standard InChI is InChI=1S/C27H28FN3O4/c1-27(26(32)33)11-17(12-27)24-19-10-21-16(13-29-30-21)8-22(19)31(25(24)15-4-3-7-35-14-15)18-5-6-20(28)23(9-18)34-2/h5-6,8-10,13,15,17H,3-4,7,11-12,14H2,1-2H3,(H,29,30)(H,32,33)/t15?,17-,27+. The van der Waals surface area contributed by atoms with Crippen molar-refractivity contribution in [2.45, 2.75) is 44.4 Å². The number of benzene rings is 2. The maximum absolute atomic E-state index is 14.4. The molecule has 2 aliphatic rings. The fourth-order valence-corrected chi connectivity index (χ4v) is 6.03. The highest BCUT2D eigenvalue weighted by Gasteiger charge is 2.49. The van der Waals surface area contributed by atoms with E-state index in [2.05, 4.69) is 26.9 Å². The van der Waals surface area contributed by atoms with Gasteiger partial charge in [0.05, 0.1) is 36.4 Å². The van der Waals surface area contributed by atoms with Gasteiger partial charge in [0, 0.05) is 40.7 Å². The monoisotopic (exact) mass is 477 g/mol. The van der Waals surface area contributed by atoms with Crippen molar-refractivity contribution in [3.8, 4) is 11.4 Å². The highest BCUT2D eigenvalue weighted by molar-refractivity contribution is 5.99. The Labute approximate surface area is 201 Å². The van der Waals surface area contributed by atoms with Crippen molar-refractivity contribution in [3.63, 3.8) is 0 Å². The molecular formula is C27H28FN3O4. The Morgan fingerprint density at radius 2 is 2.11 bits per heavy atom. The molecule has 1 unspecified atom stereocenters. The molecule has 1 aliphatic carbocycles. The molecule has 1 saturated heterocycles. The number of carboxylic acids is 1. The lowest BCUT2D eigenvalue weighted by atomic mass is 9.60. The van der Waals surface area contributed by atoms with Crippen LogP contribution in [-0.2, 0) is 9.53 Å². The van der Waals surface area contributed by atoms with Crippen molar-refractivity contribution in [2.75, 3.05) is 20.3 Å². The topological polar surface area (TPSA) is 89.4 Å². The molecule has 0 bridgehead atoms. The number of hydrogen-bond acceptors (Lipinski definition) is 4. The zero-order chi connectivity index (χ0) is 24.3. The molecule has 7 nitrogen and oxygen atoms in total. The van der Waals surface area contributed by atoms with E-state index in [-0.39, 0.29) is 17.6 Å². The molecule has 182 valence electrons. The Morgan fingerprint density at radius 1 is 1.29 bits per heavy atom. The minimum absolute atomic E-state index is 0.111. The molecule has 35 heavy (non-hydrogen) atoms. The normalized spacial score (nSPS) is 24.5. The highest BCUT2D eigenvalue weighted by atomic mass is 19.1. The Kier molecular flexibility index (Phi) is 5.11. The number of aromatic amines is 1. The van der Waals surface area contributed by atoms with Gasteiger partial charge in [0.1, 0.15) is 0 Å². The average Bonchev–Trinajstić information content (AvgIpc) is 3.43. The number of aliphatic carboxylic acids is 1. The number of fused-ring (bicyclic) bond motifs is 2. The second-order valence-corrected chi connectivity index (χ2v) is 10.2. The first-order valence-corrected chi connectivity index (χ1v) is 12.1. The molecule has 2 N–H and O–H groups in total.